The van der Waals surface area contributed by atoms with Crippen molar-refractivity contribution in [3.8, 4) is 5.88 Å². The van der Waals surface area contributed by atoms with Gasteiger partial charge in [-0.3, -0.25) is 10.1 Å². The number of pyridine rings is 1. The first-order chi connectivity index (χ1) is 11.3. The molecule has 0 radical (unpaired) electrons. The Balaban J connectivity index is 2.43. The molecular formula is C13H13F3N4O3S. The summed E-state index contributed by atoms with van der Waals surface area (Å²) in [5.41, 5.74) is -0.202. The van der Waals surface area contributed by atoms with E-state index in [1.54, 1.807) is 6.92 Å². The number of hydrogen-bond acceptors (Lipinski definition) is 7. The Morgan fingerprint density at radius 1 is 1.42 bits per heavy atom. The van der Waals surface area contributed by atoms with Crippen molar-refractivity contribution in [2.24, 2.45) is 0 Å². The molecule has 11 heteroatoms. The van der Waals surface area contributed by atoms with Gasteiger partial charge in [-0.2, -0.15) is 18.2 Å². The van der Waals surface area contributed by atoms with Gasteiger partial charge in [-0.1, -0.05) is 0 Å². The second-order valence-corrected chi connectivity index (χ2v) is 5.53. The van der Waals surface area contributed by atoms with E-state index in [9.17, 15) is 23.3 Å². The van der Waals surface area contributed by atoms with Crippen LogP contribution in [0.3, 0.4) is 0 Å². The number of aromatic nitrogens is 2. The van der Waals surface area contributed by atoms with Gasteiger partial charge < -0.3 is 9.64 Å². The van der Waals surface area contributed by atoms with Crippen LogP contribution in [0.1, 0.15) is 17.5 Å². The van der Waals surface area contributed by atoms with Crippen LogP contribution in [0.5, 0.6) is 5.88 Å². The summed E-state index contributed by atoms with van der Waals surface area (Å²) in [5.74, 6) is 0.0813. The van der Waals surface area contributed by atoms with E-state index in [4.69, 9.17) is 4.74 Å². The summed E-state index contributed by atoms with van der Waals surface area (Å²) in [7, 11) is 1.35. The van der Waals surface area contributed by atoms with Crippen LogP contribution in [0.15, 0.2) is 17.6 Å². The van der Waals surface area contributed by atoms with Crippen molar-refractivity contribution >= 4 is 22.8 Å². The first-order valence-corrected chi connectivity index (χ1v) is 7.59. The molecule has 0 atom stereocenters. The van der Waals surface area contributed by atoms with Crippen LogP contribution in [0.2, 0.25) is 0 Å². The van der Waals surface area contributed by atoms with Crippen molar-refractivity contribution in [1.82, 2.24) is 9.97 Å². The normalized spacial score (nSPS) is 11.4. The molecule has 2 heterocycles. The molecule has 0 amide bonds. The third-order valence-electron chi connectivity index (χ3n) is 3.16. The SMILES string of the molecule is CCN(Cc1scnc1C(F)(F)F)c1nc(OC)ccc1[N+](=O)[O-]. The first-order valence-electron chi connectivity index (χ1n) is 6.71. The number of alkyl halides is 3. The highest BCUT2D eigenvalue weighted by molar-refractivity contribution is 7.09. The Morgan fingerprint density at radius 3 is 2.67 bits per heavy atom. The summed E-state index contributed by atoms with van der Waals surface area (Å²) >= 11 is 0.837. The Bertz CT molecular complexity index is 735. The van der Waals surface area contributed by atoms with Crippen LogP contribution >= 0.6 is 11.3 Å². The van der Waals surface area contributed by atoms with E-state index in [1.165, 1.54) is 24.1 Å². The summed E-state index contributed by atoms with van der Waals surface area (Å²) in [6.45, 7) is 1.69. The molecule has 0 fully saturated rings. The lowest BCUT2D eigenvalue weighted by molar-refractivity contribution is -0.384. The summed E-state index contributed by atoms with van der Waals surface area (Å²) in [4.78, 5) is 19.2. The van der Waals surface area contributed by atoms with Crippen molar-refractivity contribution in [3.63, 3.8) is 0 Å². The average molecular weight is 362 g/mol. The summed E-state index contributed by atoms with van der Waals surface area (Å²) in [5, 5.41) is 11.2. The highest BCUT2D eigenvalue weighted by atomic mass is 32.1. The number of nitro groups is 1. The number of halogens is 3. The van der Waals surface area contributed by atoms with Gasteiger partial charge in [-0.05, 0) is 6.92 Å². The van der Waals surface area contributed by atoms with E-state index >= 15 is 0 Å². The van der Waals surface area contributed by atoms with E-state index in [-0.39, 0.29) is 35.4 Å². The summed E-state index contributed by atoms with van der Waals surface area (Å²) in [6, 6.07) is 2.53. The largest absolute Gasteiger partial charge is 0.481 e. The third kappa shape index (κ3) is 3.72. The maximum Gasteiger partial charge on any atom is 0.434 e. The third-order valence-corrected chi connectivity index (χ3v) is 3.98. The molecule has 0 saturated heterocycles. The van der Waals surface area contributed by atoms with E-state index in [1.807, 2.05) is 0 Å². The lowest BCUT2D eigenvalue weighted by Gasteiger charge is -2.22. The van der Waals surface area contributed by atoms with Crippen LogP contribution < -0.4 is 9.64 Å². The zero-order valence-corrected chi connectivity index (χ0v) is 13.5. The lowest BCUT2D eigenvalue weighted by atomic mass is 10.3. The van der Waals surface area contributed by atoms with Gasteiger partial charge in [0.15, 0.2) is 5.69 Å². The van der Waals surface area contributed by atoms with Crippen LogP contribution in [0.25, 0.3) is 0 Å². The van der Waals surface area contributed by atoms with Gasteiger partial charge in [-0.25, -0.2) is 4.98 Å². The lowest BCUT2D eigenvalue weighted by Crippen LogP contribution is -2.25. The molecule has 0 aliphatic rings. The molecule has 0 aliphatic heterocycles. The van der Waals surface area contributed by atoms with Gasteiger partial charge in [0.1, 0.15) is 0 Å². The molecule has 0 saturated carbocycles. The number of anilines is 1. The molecule has 2 aromatic heterocycles. The van der Waals surface area contributed by atoms with Crippen molar-refractivity contribution in [3.05, 3.63) is 38.3 Å². The zero-order valence-electron chi connectivity index (χ0n) is 12.7. The van der Waals surface area contributed by atoms with Crippen LogP contribution in [-0.4, -0.2) is 28.5 Å². The minimum Gasteiger partial charge on any atom is -0.481 e. The first kappa shape index (κ1) is 17.9. The molecule has 0 N–H and O–H groups in total. The monoisotopic (exact) mass is 362 g/mol. The maximum absolute atomic E-state index is 12.9. The topological polar surface area (TPSA) is 81.4 Å². The maximum atomic E-state index is 12.9. The minimum absolute atomic E-state index is 0.0386. The van der Waals surface area contributed by atoms with Crippen molar-refractivity contribution in [2.45, 2.75) is 19.6 Å². The second kappa shape index (κ2) is 6.99. The smallest absolute Gasteiger partial charge is 0.434 e. The Hall–Kier alpha value is -2.43. The zero-order chi connectivity index (χ0) is 17.9. The summed E-state index contributed by atoms with van der Waals surface area (Å²) in [6.07, 6.45) is -4.58. The molecule has 2 rings (SSSR count). The predicted molar refractivity (Wildman–Crippen MR) is 81.3 cm³/mol. The molecule has 0 aliphatic carbocycles. The van der Waals surface area contributed by atoms with Gasteiger partial charge in [0.25, 0.3) is 0 Å². The highest BCUT2D eigenvalue weighted by Crippen LogP contribution is 2.35. The number of nitrogens with zero attached hydrogens (tertiary/aromatic N) is 4. The van der Waals surface area contributed by atoms with Crippen LogP contribution in [-0.2, 0) is 12.7 Å². The Labute approximate surface area is 138 Å². The van der Waals surface area contributed by atoms with E-state index in [2.05, 4.69) is 9.97 Å². The second-order valence-electron chi connectivity index (χ2n) is 4.59. The molecule has 2 aromatic rings. The van der Waals surface area contributed by atoms with E-state index in [0.717, 1.165) is 16.8 Å². The number of hydrogen-bond donors (Lipinski definition) is 0. The number of methoxy groups -OCH3 is 1. The molecule has 0 unspecified atom stereocenters. The molecular weight excluding hydrogens is 349 g/mol. The molecule has 130 valence electrons. The van der Waals surface area contributed by atoms with Gasteiger partial charge in [0.05, 0.1) is 29.0 Å². The fraction of sp³-hybridized carbons (Fsp3) is 0.385. The highest BCUT2D eigenvalue weighted by Gasteiger charge is 2.37. The van der Waals surface area contributed by atoms with Gasteiger partial charge >= 0.3 is 11.9 Å². The quantitative estimate of drug-likeness (QED) is 0.578. The molecule has 0 aromatic carbocycles. The number of rotatable bonds is 6. The Kier molecular flexibility index (Phi) is 5.22. The predicted octanol–water partition coefficient (Wildman–Crippen LogP) is 3.50. The fourth-order valence-electron chi connectivity index (χ4n) is 2.04. The van der Waals surface area contributed by atoms with Gasteiger partial charge in [0.2, 0.25) is 11.7 Å². The Morgan fingerprint density at radius 2 is 2.12 bits per heavy atom. The van der Waals surface area contributed by atoms with Crippen molar-refractivity contribution < 1.29 is 22.8 Å². The van der Waals surface area contributed by atoms with Crippen molar-refractivity contribution in [1.29, 1.82) is 0 Å². The molecule has 0 bridgehead atoms. The number of ether oxygens (including phenoxy) is 1. The van der Waals surface area contributed by atoms with E-state index < -0.39 is 16.8 Å². The molecule has 0 spiro atoms. The standard InChI is InChI=1S/C13H13F3N4O3S/c1-3-19(6-9-11(13(14,15)16)17-7-24-9)12-8(20(21)22)4-5-10(18-12)23-2/h4-5,7H,3,6H2,1-2H3. The number of thiazole rings is 1. The minimum atomic E-state index is -4.58. The summed E-state index contributed by atoms with van der Waals surface area (Å²) < 4.78 is 43.8. The van der Waals surface area contributed by atoms with Crippen LogP contribution in [0, 0.1) is 10.1 Å². The van der Waals surface area contributed by atoms with Gasteiger partial charge in [-0.15, -0.1) is 11.3 Å². The average Bonchev–Trinajstić information content (AvgIpc) is 3.00. The van der Waals surface area contributed by atoms with Crippen molar-refractivity contribution in [2.75, 3.05) is 18.6 Å². The molecule has 7 nitrogen and oxygen atoms in total. The van der Waals surface area contributed by atoms with Crippen LogP contribution in [0.4, 0.5) is 24.7 Å². The fourth-order valence-corrected chi connectivity index (χ4v) is 2.83. The van der Waals surface area contributed by atoms with E-state index in [0.29, 0.717) is 0 Å². The molecule has 24 heavy (non-hydrogen) atoms. The van der Waals surface area contributed by atoms with Gasteiger partial charge in [0, 0.05) is 18.7 Å².